The number of nitrogen functional groups attached to an aromatic ring is 1. The minimum Gasteiger partial charge on any atom is -0.369 e. The average Bonchev–Trinajstić information content (AvgIpc) is 2.64. The first-order chi connectivity index (χ1) is 8.99. The van der Waals surface area contributed by atoms with Gasteiger partial charge in [-0.15, -0.1) is 0 Å². The smallest absolute Gasteiger partial charge is 0.202 e. The molecule has 0 bridgehead atoms. The third-order valence-corrected chi connectivity index (χ3v) is 3.79. The molecule has 0 saturated heterocycles. The summed E-state index contributed by atoms with van der Waals surface area (Å²) in [5, 5.41) is 0. The number of anilines is 1. The summed E-state index contributed by atoms with van der Waals surface area (Å²) in [7, 11) is 2.13. The fourth-order valence-corrected chi connectivity index (χ4v) is 2.28. The van der Waals surface area contributed by atoms with Gasteiger partial charge in [0.25, 0.3) is 0 Å². The number of rotatable bonds is 5. The van der Waals surface area contributed by atoms with Crippen molar-refractivity contribution in [3.05, 3.63) is 16.7 Å². The molecular weight excluding hydrogens is 306 g/mol. The standard InChI is InChI=1S/C13H20BrN5/c1-9(2)18(3)5-4-6-19-12-11(17-13(19)15)7-10(14)8-16-12/h7-9H,4-6H2,1-3H3,(H2,15,17). The maximum Gasteiger partial charge on any atom is 0.202 e. The largest absolute Gasteiger partial charge is 0.369 e. The molecule has 104 valence electrons. The summed E-state index contributed by atoms with van der Waals surface area (Å²) in [6, 6.07) is 2.50. The normalized spacial score (nSPS) is 11.9. The van der Waals surface area contributed by atoms with Crippen molar-refractivity contribution in [1.82, 2.24) is 19.4 Å². The molecule has 0 aliphatic carbocycles. The minimum atomic E-state index is 0.535. The number of aromatic nitrogens is 3. The van der Waals surface area contributed by atoms with Crippen LogP contribution in [0.3, 0.4) is 0 Å². The number of fused-ring (bicyclic) bond motifs is 1. The molecule has 2 aromatic rings. The van der Waals surface area contributed by atoms with E-state index in [1.54, 1.807) is 6.20 Å². The SMILES string of the molecule is CC(C)N(C)CCCn1c(N)nc2cc(Br)cnc21. The molecule has 19 heavy (non-hydrogen) atoms. The molecule has 0 aliphatic rings. The molecule has 0 atom stereocenters. The molecule has 0 amide bonds. The van der Waals surface area contributed by atoms with E-state index in [9.17, 15) is 0 Å². The minimum absolute atomic E-state index is 0.535. The van der Waals surface area contributed by atoms with Crippen LogP contribution in [0.2, 0.25) is 0 Å². The highest BCUT2D eigenvalue weighted by Crippen LogP contribution is 2.19. The lowest BCUT2D eigenvalue weighted by molar-refractivity contribution is 0.266. The molecule has 0 aliphatic heterocycles. The zero-order chi connectivity index (χ0) is 14.0. The molecule has 0 saturated carbocycles. The van der Waals surface area contributed by atoms with Crippen LogP contribution in [0, 0.1) is 0 Å². The van der Waals surface area contributed by atoms with Crippen LogP contribution in [0.25, 0.3) is 11.2 Å². The van der Waals surface area contributed by atoms with Gasteiger partial charge in [-0.05, 0) is 55.9 Å². The Bertz CT molecular complexity index is 563. The molecule has 2 rings (SSSR count). The van der Waals surface area contributed by atoms with Gasteiger partial charge in [0.1, 0.15) is 5.52 Å². The van der Waals surface area contributed by atoms with Crippen molar-refractivity contribution in [2.45, 2.75) is 32.9 Å². The zero-order valence-electron chi connectivity index (χ0n) is 11.6. The fraction of sp³-hybridized carbons (Fsp3) is 0.538. The van der Waals surface area contributed by atoms with Crippen molar-refractivity contribution >= 4 is 33.0 Å². The molecule has 0 fully saturated rings. The Morgan fingerprint density at radius 1 is 1.47 bits per heavy atom. The fourth-order valence-electron chi connectivity index (χ4n) is 1.96. The second kappa shape index (κ2) is 5.88. The quantitative estimate of drug-likeness (QED) is 0.917. The van der Waals surface area contributed by atoms with Crippen molar-refractivity contribution in [2.75, 3.05) is 19.3 Å². The lowest BCUT2D eigenvalue weighted by atomic mass is 10.3. The molecule has 2 N–H and O–H groups in total. The van der Waals surface area contributed by atoms with Crippen LogP contribution in [0.1, 0.15) is 20.3 Å². The highest BCUT2D eigenvalue weighted by Gasteiger charge is 2.10. The second-order valence-electron chi connectivity index (χ2n) is 5.05. The molecule has 0 aromatic carbocycles. The van der Waals surface area contributed by atoms with Crippen molar-refractivity contribution in [3.8, 4) is 0 Å². The van der Waals surface area contributed by atoms with Gasteiger partial charge in [-0.3, -0.25) is 4.57 Å². The molecule has 2 aromatic heterocycles. The number of nitrogens with zero attached hydrogens (tertiary/aromatic N) is 4. The van der Waals surface area contributed by atoms with Gasteiger partial charge in [-0.2, -0.15) is 0 Å². The van der Waals surface area contributed by atoms with Gasteiger partial charge in [0.15, 0.2) is 5.65 Å². The lowest BCUT2D eigenvalue weighted by Gasteiger charge is -2.20. The topological polar surface area (TPSA) is 60.0 Å². The average molecular weight is 326 g/mol. The van der Waals surface area contributed by atoms with Crippen molar-refractivity contribution in [2.24, 2.45) is 0 Å². The highest BCUT2D eigenvalue weighted by atomic mass is 79.9. The first-order valence-electron chi connectivity index (χ1n) is 6.46. The van der Waals surface area contributed by atoms with Crippen LogP contribution in [-0.4, -0.2) is 39.1 Å². The predicted molar refractivity (Wildman–Crippen MR) is 82.0 cm³/mol. The Balaban J connectivity index is 2.10. The van der Waals surface area contributed by atoms with E-state index < -0.39 is 0 Å². The number of halogens is 1. The summed E-state index contributed by atoms with van der Waals surface area (Å²) < 4.78 is 2.90. The monoisotopic (exact) mass is 325 g/mol. The molecule has 6 heteroatoms. The van der Waals surface area contributed by atoms with Crippen LogP contribution in [0.4, 0.5) is 5.95 Å². The van der Waals surface area contributed by atoms with E-state index in [1.807, 2.05) is 10.6 Å². The van der Waals surface area contributed by atoms with Crippen LogP contribution in [-0.2, 0) is 6.54 Å². The third kappa shape index (κ3) is 3.25. The van der Waals surface area contributed by atoms with E-state index in [2.05, 4.69) is 51.7 Å². The van der Waals surface area contributed by atoms with E-state index in [0.717, 1.165) is 35.1 Å². The number of hydrogen-bond acceptors (Lipinski definition) is 4. The van der Waals surface area contributed by atoms with Gasteiger partial charge in [0.05, 0.1) is 0 Å². The molecule has 5 nitrogen and oxygen atoms in total. The molecule has 2 heterocycles. The van der Waals surface area contributed by atoms with Crippen molar-refractivity contribution < 1.29 is 0 Å². The van der Waals surface area contributed by atoms with E-state index in [-0.39, 0.29) is 0 Å². The Hall–Kier alpha value is -1.14. The van der Waals surface area contributed by atoms with Crippen molar-refractivity contribution in [3.63, 3.8) is 0 Å². The Labute approximate surface area is 121 Å². The Morgan fingerprint density at radius 2 is 2.21 bits per heavy atom. The van der Waals surface area contributed by atoms with Gasteiger partial charge < -0.3 is 10.6 Å². The first kappa shape index (κ1) is 14.3. The van der Waals surface area contributed by atoms with Gasteiger partial charge in [-0.1, -0.05) is 0 Å². The second-order valence-corrected chi connectivity index (χ2v) is 5.96. The van der Waals surface area contributed by atoms with Crippen molar-refractivity contribution in [1.29, 1.82) is 0 Å². The van der Waals surface area contributed by atoms with Gasteiger partial charge in [-0.25, -0.2) is 9.97 Å². The maximum atomic E-state index is 5.96. The third-order valence-electron chi connectivity index (χ3n) is 3.36. The number of hydrogen-bond donors (Lipinski definition) is 1. The maximum absolute atomic E-state index is 5.96. The van der Waals surface area contributed by atoms with E-state index in [4.69, 9.17) is 5.73 Å². The van der Waals surface area contributed by atoms with E-state index >= 15 is 0 Å². The Kier molecular flexibility index (Phi) is 4.42. The number of nitrogens with two attached hydrogens (primary N) is 1. The summed E-state index contributed by atoms with van der Waals surface area (Å²) in [5.41, 5.74) is 7.65. The summed E-state index contributed by atoms with van der Waals surface area (Å²) >= 11 is 3.39. The van der Waals surface area contributed by atoms with Crippen LogP contribution < -0.4 is 5.73 Å². The Morgan fingerprint density at radius 3 is 2.89 bits per heavy atom. The number of aryl methyl sites for hydroxylation is 1. The predicted octanol–water partition coefficient (Wildman–Crippen LogP) is 2.51. The summed E-state index contributed by atoms with van der Waals surface area (Å²) in [5.74, 6) is 0.535. The summed E-state index contributed by atoms with van der Waals surface area (Å²) in [4.78, 5) is 11.1. The first-order valence-corrected chi connectivity index (χ1v) is 7.26. The summed E-state index contributed by atoms with van der Waals surface area (Å²) in [6.45, 7) is 6.27. The molecule has 0 radical (unpaired) electrons. The molecule has 0 spiro atoms. The van der Waals surface area contributed by atoms with Gasteiger partial charge >= 0.3 is 0 Å². The van der Waals surface area contributed by atoms with Gasteiger partial charge in [0, 0.05) is 23.3 Å². The van der Waals surface area contributed by atoms with E-state index in [1.165, 1.54) is 0 Å². The number of imidazole rings is 1. The molecular formula is C13H20BrN5. The van der Waals surface area contributed by atoms with Crippen LogP contribution in [0.5, 0.6) is 0 Å². The lowest BCUT2D eigenvalue weighted by Crippen LogP contribution is -2.28. The van der Waals surface area contributed by atoms with Gasteiger partial charge in [0.2, 0.25) is 5.95 Å². The number of pyridine rings is 1. The highest BCUT2D eigenvalue weighted by molar-refractivity contribution is 9.10. The van der Waals surface area contributed by atoms with Crippen LogP contribution >= 0.6 is 15.9 Å². The molecule has 0 unspecified atom stereocenters. The van der Waals surface area contributed by atoms with Crippen LogP contribution in [0.15, 0.2) is 16.7 Å². The van der Waals surface area contributed by atoms with E-state index in [0.29, 0.717) is 12.0 Å². The summed E-state index contributed by atoms with van der Waals surface area (Å²) in [6.07, 6.45) is 2.81. The zero-order valence-corrected chi connectivity index (χ0v) is 13.2.